The maximum atomic E-state index is 12.8. The molecule has 4 aliphatic heterocycles. The van der Waals surface area contributed by atoms with Crippen molar-refractivity contribution < 1.29 is 60.0 Å². The number of rotatable bonds is 10. The first kappa shape index (κ1) is 46.5. The molecule has 0 bridgehead atoms. The molecular weight excluding hydrogens is 795 g/mol. The maximum Gasteiger partial charge on any atom is 1.00 e. The molecule has 3 N–H and O–H groups in total. The van der Waals surface area contributed by atoms with Gasteiger partial charge in [-0.05, 0) is 130 Å². The van der Waals surface area contributed by atoms with Crippen LogP contribution in [-0.4, -0.2) is 138 Å². The molecule has 4 aromatic rings. The van der Waals surface area contributed by atoms with Gasteiger partial charge in [-0.2, -0.15) is 0 Å². The molecule has 16 heteroatoms. The van der Waals surface area contributed by atoms with Crippen molar-refractivity contribution in [3.63, 3.8) is 0 Å². The zero-order valence-electron chi connectivity index (χ0n) is 35.8. The average molecular weight is 849 g/mol. The number of carbonyl (C=O) groups is 4. The van der Waals surface area contributed by atoms with Gasteiger partial charge in [0.05, 0.1) is 11.1 Å². The Kier molecular flexibility index (Phi) is 17.7. The number of aromatic hydroxyl groups is 1. The van der Waals surface area contributed by atoms with Gasteiger partial charge in [0.1, 0.15) is 16.7 Å². The first-order chi connectivity index (χ1) is 28.6. The Morgan fingerprint density at radius 2 is 1.18 bits per heavy atom. The fourth-order valence-corrected chi connectivity index (χ4v) is 7.67. The van der Waals surface area contributed by atoms with E-state index in [4.69, 9.17) is 16.3 Å². The summed E-state index contributed by atoms with van der Waals surface area (Å²) in [5, 5.41) is 14.9. The number of nitrogens with one attached hydrogen (secondary N) is 2. The van der Waals surface area contributed by atoms with Gasteiger partial charge in [0.2, 0.25) is 5.88 Å². The third-order valence-corrected chi connectivity index (χ3v) is 11.2. The summed E-state index contributed by atoms with van der Waals surface area (Å²) in [6, 6.07) is 17.1. The van der Waals surface area contributed by atoms with E-state index in [1.165, 1.54) is 51.2 Å². The number of pyridine rings is 2. The van der Waals surface area contributed by atoms with Crippen molar-refractivity contribution in [2.75, 3.05) is 79.5 Å². The van der Waals surface area contributed by atoms with Crippen molar-refractivity contribution >= 4 is 35.2 Å². The molecule has 2 aromatic carbocycles. The number of hydrogen-bond acceptors (Lipinski definition) is 10. The Morgan fingerprint density at radius 3 is 1.67 bits per heavy atom. The predicted molar refractivity (Wildman–Crippen MR) is 227 cm³/mol. The second-order valence-electron chi connectivity index (χ2n) is 14.9. The Hall–Kier alpha value is -4.57. The van der Waals surface area contributed by atoms with Crippen LogP contribution < -0.4 is 44.9 Å². The van der Waals surface area contributed by atoms with E-state index in [0.717, 1.165) is 87.5 Å². The van der Waals surface area contributed by atoms with Crippen LogP contribution in [0.25, 0.3) is 0 Å². The summed E-state index contributed by atoms with van der Waals surface area (Å²) in [5.41, 5.74) is 4.48. The van der Waals surface area contributed by atoms with Crippen molar-refractivity contribution in [2.45, 2.75) is 38.5 Å². The van der Waals surface area contributed by atoms with Gasteiger partial charge >= 0.3 is 29.6 Å². The van der Waals surface area contributed by atoms with E-state index in [1.54, 1.807) is 62.6 Å². The van der Waals surface area contributed by atoms with E-state index in [0.29, 0.717) is 27.9 Å². The molecule has 0 atom stereocenters. The number of amides is 4. The van der Waals surface area contributed by atoms with Crippen LogP contribution in [0.4, 0.5) is 0 Å². The van der Waals surface area contributed by atoms with Crippen LogP contribution in [0, 0.1) is 0 Å². The van der Waals surface area contributed by atoms with E-state index in [-0.39, 0.29) is 60.4 Å². The van der Waals surface area contributed by atoms with Crippen molar-refractivity contribution in [1.29, 1.82) is 0 Å². The van der Waals surface area contributed by atoms with Gasteiger partial charge in [0.15, 0.2) is 0 Å². The molecule has 4 aliphatic rings. The van der Waals surface area contributed by atoms with Crippen LogP contribution in [0.3, 0.4) is 0 Å². The van der Waals surface area contributed by atoms with E-state index in [9.17, 15) is 24.3 Å². The average Bonchev–Trinajstić information content (AvgIpc) is 3.99. The summed E-state index contributed by atoms with van der Waals surface area (Å²) >= 11 is 5.52. The second kappa shape index (κ2) is 22.9. The van der Waals surface area contributed by atoms with Crippen molar-refractivity contribution in [1.82, 2.24) is 40.2 Å². The van der Waals surface area contributed by atoms with Crippen molar-refractivity contribution in [2.24, 2.45) is 0 Å². The SMILES string of the molecule is CNC(=O)c1ccc(Cl)nc1.CNC(=O)c1ccc(Oc2ccc3c(c2)CCN(CCN2CCCC2)C3=O)nc1.O=C1c2ccc(O)cc2CCN1CCN1CCCC1.[H-].[Na+]. The van der Waals surface area contributed by atoms with Crippen molar-refractivity contribution in [3.05, 3.63) is 112 Å². The number of aromatic nitrogens is 2. The summed E-state index contributed by atoms with van der Waals surface area (Å²) in [4.78, 5) is 64.4. The van der Waals surface area contributed by atoms with Gasteiger partial charge in [-0.3, -0.25) is 19.2 Å². The Bertz CT molecular complexity index is 2090. The number of ether oxygens (including phenoxy) is 1. The summed E-state index contributed by atoms with van der Waals surface area (Å²) in [6.07, 6.45) is 9.68. The number of nitrogens with zero attached hydrogens (tertiary/aromatic N) is 6. The Balaban J connectivity index is 0.000000220. The monoisotopic (exact) mass is 848 g/mol. The molecule has 0 spiro atoms. The summed E-state index contributed by atoms with van der Waals surface area (Å²) < 4.78 is 5.82. The normalized spacial score (nSPS) is 16.0. The van der Waals surface area contributed by atoms with Crippen LogP contribution in [0.1, 0.15) is 79.7 Å². The third-order valence-electron chi connectivity index (χ3n) is 10.9. The maximum absolute atomic E-state index is 12.8. The van der Waals surface area contributed by atoms with Gasteiger partial charge in [-0.25, -0.2) is 9.97 Å². The first-order valence-corrected chi connectivity index (χ1v) is 20.7. The van der Waals surface area contributed by atoms with Gasteiger partial charge in [-0.1, -0.05) is 11.6 Å². The number of halogens is 1. The molecule has 2 saturated heterocycles. The Labute approximate surface area is 380 Å². The van der Waals surface area contributed by atoms with Gasteiger partial charge in [-0.15, -0.1) is 0 Å². The van der Waals surface area contributed by atoms with Gasteiger partial charge in [0, 0.05) is 83.0 Å². The van der Waals surface area contributed by atoms with E-state index < -0.39 is 0 Å². The molecular formula is C44H54ClN8NaO6. The van der Waals surface area contributed by atoms with E-state index in [2.05, 4.69) is 30.4 Å². The molecule has 4 amide bonds. The fourth-order valence-electron chi connectivity index (χ4n) is 7.56. The summed E-state index contributed by atoms with van der Waals surface area (Å²) in [7, 11) is 3.14. The summed E-state index contributed by atoms with van der Waals surface area (Å²) in [6.45, 7) is 9.70. The van der Waals surface area contributed by atoms with Crippen LogP contribution in [0.15, 0.2) is 73.1 Å². The molecule has 0 unspecified atom stereocenters. The van der Waals surface area contributed by atoms with Crippen LogP contribution in [-0.2, 0) is 12.8 Å². The van der Waals surface area contributed by atoms with Gasteiger partial charge < -0.3 is 41.5 Å². The minimum atomic E-state index is -0.189. The molecule has 2 fully saturated rings. The molecule has 6 heterocycles. The largest absolute Gasteiger partial charge is 1.00 e. The van der Waals surface area contributed by atoms with Crippen LogP contribution >= 0.6 is 11.6 Å². The number of likely N-dealkylation sites (tertiary alicyclic amines) is 2. The smallest absolute Gasteiger partial charge is 1.00 e. The van der Waals surface area contributed by atoms with E-state index in [1.807, 2.05) is 21.9 Å². The second-order valence-corrected chi connectivity index (χ2v) is 15.2. The van der Waals surface area contributed by atoms with Crippen LogP contribution in [0.2, 0.25) is 5.15 Å². The summed E-state index contributed by atoms with van der Waals surface area (Å²) in [5.74, 6) is 1.16. The van der Waals surface area contributed by atoms with Gasteiger partial charge in [0.25, 0.3) is 23.6 Å². The van der Waals surface area contributed by atoms with E-state index >= 15 is 0 Å². The van der Waals surface area contributed by atoms with Crippen molar-refractivity contribution in [3.8, 4) is 17.4 Å². The molecule has 0 saturated carbocycles. The predicted octanol–water partition coefficient (Wildman–Crippen LogP) is 2.03. The Morgan fingerprint density at radius 1 is 0.683 bits per heavy atom. The molecule has 60 heavy (non-hydrogen) atoms. The molecule has 8 rings (SSSR count). The first-order valence-electron chi connectivity index (χ1n) is 20.3. The molecule has 314 valence electrons. The topological polar surface area (TPSA) is 161 Å². The quantitative estimate of drug-likeness (QED) is 0.159. The number of phenolic OH excluding ortho intramolecular Hbond substituents is 1. The third kappa shape index (κ3) is 12.7. The number of phenols is 1. The fraction of sp³-hybridized carbons (Fsp3) is 0.409. The molecule has 0 radical (unpaired) electrons. The zero-order chi connectivity index (χ0) is 41.7. The number of hydrogen-bond donors (Lipinski definition) is 3. The minimum absolute atomic E-state index is 0. The molecule has 0 aliphatic carbocycles. The number of benzene rings is 2. The number of carbonyl (C=O) groups excluding carboxylic acids is 4. The standard InChI is InChI=1S/C22H26N4O3.C15H20N2O2.C7H7ClN2O.Na.H/c1-23-21(27)17-4-7-20(24-15-17)29-18-5-6-19-16(14-18)8-11-26(22(19)28)13-12-25-9-2-3-10-25;18-13-3-4-14-12(11-13)5-8-17(15(14)19)10-9-16-6-1-2-7-16;1-9-7(11)5-2-3-6(8)10-4-5;;/h4-7,14-15H,2-3,8-13H2,1H3,(H,23,27);3-4,11,18H,1-2,5-10H2;2-4H,1H3,(H,9,11);;/q;;;+1;-1. The zero-order valence-corrected chi connectivity index (χ0v) is 37.5. The molecule has 14 nitrogen and oxygen atoms in total. The number of fused-ring (bicyclic) bond motifs is 2. The van der Waals surface area contributed by atoms with Crippen LogP contribution in [0.5, 0.6) is 17.4 Å². The molecule has 2 aromatic heterocycles. The minimum Gasteiger partial charge on any atom is -1.00 e.